The molecule has 0 aliphatic rings. The molecule has 0 spiro atoms. The van der Waals surface area contributed by atoms with Gasteiger partial charge in [-0.3, -0.25) is 4.90 Å². The van der Waals surface area contributed by atoms with Gasteiger partial charge in [0.05, 0.1) is 11.0 Å². The van der Waals surface area contributed by atoms with E-state index in [2.05, 4.69) is 0 Å². The van der Waals surface area contributed by atoms with Crippen molar-refractivity contribution in [1.82, 2.24) is 4.90 Å². The van der Waals surface area contributed by atoms with Crippen LogP contribution >= 0.6 is 12.2 Å². The van der Waals surface area contributed by atoms with Crippen LogP contribution in [0.1, 0.15) is 41.0 Å². The summed E-state index contributed by atoms with van der Waals surface area (Å²) >= 11 is 5.00. The van der Waals surface area contributed by atoms with Crippen LogP contribution in [0.5, 0.6) is 0 Å². The van der Waals surface area contributed by atoms with E-state index in [0.717, 1.165) is 6.42 Å². The second-order valence-electron chi connectivity index (χ2n) is 5.06. The maximum Gasteiger partial charge on any atom is 0.408 e. The first-order valence-electron chi connectivity index (χ1n) is 5.44. The number of thiocarbonyl (C=S) groups is 1. The zero-order valence-corrected chi connectivity index (χ0v) is 11.5. The zero-order chi connectivity index (χ0) is 13.1. The molecule has 4 nitrogen and oxygen atoms in total. The number of carbonyl (C=O) groups is 1. The van der Waals surface area contributed by atoms with Gasteiger partial charge in [-0.25, -0.2) is 4.79 Å². The van der Waals surface area contributed by atoms with Crippen molar-refractivity contribution in [3.63, 3.8) is 0 Å². The Kier molecular flexibility index (Phi) is 5.19. The van der Waals surface area contributed by atoms with E-state index in [9.17, 15) is 9.90 Å². The van der Waals surface area contributed by atoms with E-state index in [-0.39, 0.29) is 10.9 Å². The largest absolute Gasteiger partial charge is 0.465 e. The normalized spacial score (nSPS) is 15.3. The Hall–Kier alpha value is -0.840. The van der Waals surface area contributed by atoms with E-state index in [1.54, 1.807) is 0 Å². The molecule has 0 bridgehead atoms. The minimum Gasteiger partial charge on any atom is -0.465 e. The fourth-order valence-electron chi connectivity index (χ4n) is 1.71. The molecule has 0 heterocycles. The molecule has 0 saturated heterocycles. The molecule has 16 heavy (non-hydrogen) atoms. The molecular weight excluding hydrogens is 224 g/mol. The quantitative estimate of drug-likeness (QED) is 0.748. The highest BCUT2D eigenvalue weighted by Gasteiger charge is 2.37. The van der Waals surface area contributed by atoms with Gasteiger partial charge in [-0.2, -0.15) is 0 Å². The molecule has 1 unspecified atom stereocenters. The molecule has 0 aliphatic heterocycles. The van der Waals surface area contributed by atoms with Crippen LogP contribution in [0.2, 0.25) is 0 Å². The van der Waals surface area contributed by atoms with Crippen molar-refractivity contribution in [2.75, 3.05) is 0 Å². The summed E-state index contributed by atoms with van der Waals surface area (Å²) in [6.45, 7) is 9.49. The Balaban J connectivity index is 5.28. The number of rotatable bonds is 4. The molecule has 5 heteroatoms. The summed E-state index contributed by atoms with van der Waals surface area (Å²) in [6.07, 6.45) is -0.146. The fraction of sp³-hybridized carbons (Fsp3) is 0.818. The summed E-state index contributed by atoms with van der Waals surface area (Å²) in [6, 6.07) is -0.405. The van der Waals surface area contributed by atoms with Crippen LogP contribution < -0.4 is 5.73 Å². The van der Waals surface area contributed by atoms with Gasteiger partial charge in [0.1, 0.15) is 0 Å². The smallest absolute Gasteiger partial charge is 0.408 e. The predicted molar refractivity (Wildman–Crippen MR) is 69.6 cm³/mol. The Morgan fingerprint density at radius 1 is 1.50 bits per heavy atom. The standard InChI is InChI=1S/C11H22N2O2S/c1-6-7(2)8(9(12)16)13(10(14)15)11(3,4)5/h7-8H,6H2,1-5H3,(H2,12,16)(H,14,15)/t7-,8?/m0/s1. The van der Waals surface area contributed by atoms with Gasteiger partial charge in [0, 0.05) is 5.54 Å². The lowest BCUT2D eigenvalue weighted by Gasteiger charge is -2.41. The van der Waals surface area contributed by atoms with E-state index in [0.29, 0.717) is 0 Å². The van der Waals surface area contributed by atoms with Crippen molar-refractivity contribution in [2.24, 2.45) is 11.7 Å². The third-order valence-electron chi connectivity index (χ3n) is 2.68. The lowest BCUT2D eigenvalue weighted by Crippen LogP contribution is -2.57. The molecule has 0 radical (unpaired) electrons. The maximum atomic E-state index is 11.3. The van der Waals surface area contributed by atoms with Crippen molar-refractivity contribution in [3.05, 3.63) is 0 Å². The monoisotopic (exact) mass is 246 g/mol. The summed E-state index contributed by atoms with van der Waals surface area (Å²) < 4.78 is 0. The van der Waals surface area contributed by atoms with Crippen molar-refractivity contribution in [2.45, 2.75) is 52.6 Å². The molecule has 0 aromatic carbocycles. The molecule has 94 valence electrons. The average Bonchev–Trinajstić information content (AvgIpc) is 2.09. The lowest BCUT2D eigenvalue weighted by atomic mass is 9.93. The van der Waals surface area contributed by atoms with Crippen molar-refractivity contribution >= 4 is 23.3 Å². The Morgan fingerprint density at radius 3 is 2.12 bits per heavy atom. The Bertz CT molecular complexity index is 274. The van der Waals surface area contributed by atoms with Gasteiger partial charge in [-0.1, -0.05) is 32.5 Å². The number of amides is 1. The third-order valence-corrected chi connectivity index (χ3v) is 2.92. The van der Waals surface area contributed by atoms with Gasteiger partial charge < -0.3 is 10.8 Å². The molecule has 0 rings (SSSR count). The third kappa shape index (κ3) is 3.63. The molecule has 0 aromatic heterocycles. The van der Waals surface area contributed by atoms with Crippen LogP contribution in [0.4, 0.5) is 4.79 Å². The van der Waals surface area contributed by atoms with Crippen molar-refractivity contribution < 1.29 is 9.90 Å². The molecule has 0 saturated carbocycles. The number of nitrogens with zero attached hydrogens (tertiary/aromatic N) is 1. The molecule has 0 aromatic rings. The number of hydrogen-bond donors (Lipinski definition) is 2. The molecule has 1 amide bonds. The van der Waals surface area contributed by atoms with Gasteiger partial charge >= 0.3 is 6.09 Å². The molecule has 3 N–H and O–H groups in total. The van der Waals surface area contributed by atoms with Crippen molar-refractivity contribution in [1.29, 1.82) is 0 Å². The molecule has 0 fully saturated rings. The van der Waals surface area contributed by atoms with Crippen LogP contribution in [0.25, 0.3) is 0 Å². The summed E-state index contributed by atoms with van der Waals surface area (Å²) in [5, 5.41) is 9.28. The predicted octanol–water partition coefficient (Wildman–Crippen LogP) is 2.47. The Labute approximate surface area is 103 Å². The molecule has 2 atom stereocenters. The van der Waals surface area contributed by atoms with Crippen molar-refractivity contribution in [3.8, 4) is 0 Å². The van der Waals surface area contributed by atoms with Crippen LogP contribution in [-0.4, -0.2) is 32.7 Å². The number of nitrogens with two attached hydrogens (primary N) is 1. The van der Waals surface area contributed by atoms with Crippen LogP contribution in [-0.2, 0) is 0 Å². The summed E-state index contributed by atoms with van der Waals surface area (Å²) in [4.78, 5) is 12.9. The second kappa shape index (κ2) is 5.48. The van der Waals surface area contributed by atoms with Gasteiger partial charge in [0.25, 0.3) is 0 Å². The summed E-state index contributed by atoms with van der Waals surface area (Å²) in [5.74, 6) is 0.118. The SMILES string of the molecule is CC[C@H](C)C(C(N)=S)N(C(=O)O)C(C)(C)C. The molecule has 0 aliphatic carbocycles. The highest BCUT2D eigenvalue weighted by atomic mass is 32.1. The topological polar surface area (TPSA) is 66.6 Å². The fourth-order valence-corrected chi connectivity index (χ4v) is 2.05. The summed E-state index contributed by atoms with van der Waals surface area (Å²) in [7, 11) is 0. The lowest BCUT2D eigenvalue weighted by molar-refractivity contribution is 0.0735. The van der Waals surface area contributed by atoms with Crippen LogP contribution in [0, 0.1) is 5.92 Å². The van der Waals surface area contributed by atoms with Gasteiger partial charge in [-0.05, 0) is 26.7 Å². The van der Waals surface area contributed by atoms with Gasteiger partial charge in [-0.15, -0.1) is 0 Å². The first-order chi connectivity index (χ1) is 7.12. The van der Waals surface area contributed by atoms with E-state index in [1.807, 2.05) is 34.6 Å². The second-order valence-corrected chi connectivity index (χ2v) is 5.53. The average molecular weight is 246 g/mol. The molecular formula is C11H22N2O2S. The van der Waals surface area contributed by atoms with E-state index < -0.39 is 17.7 Å². The highest BCUT2D eigenvalue weighted by Crippen LogP contribution is 2.24. The minimum atomic E-state index is -0.981. The zero-order valence-electron chi connectivity index (χ0n) is 10.7. The van der Waals surface area contributed by atoms with Crippen LogP contribution in [0.3, 0.4) is 0 Å². The van der Waals surface area contributed by atoms with E-state index in [4.69, 9.17) is 18.0 Å². The minimum absolute atomic E-state index is 0.118. The van der Waals surface area contributed by atoms with Gasteiger partial charge in [0.2, 0.25) is 0 Å². The Morgan fingerprint density at radius 2 is 1.94 bits per heavy atom. The van der Waals surface area contributed by atoms with E-state index >= 15 is 0 Å². The van der Waals surface area contributed by atoms with Crippen LogP contribution in [0.15, 0.2) is 0 Å². The number of carboxylic acid groups (broad SMARTS) is 1. The highest BCUT2D eigenvalue weighted by molar-refractivity contribution is 7.80. The maximum absolute atomic E-state index is 11.3. The van der Waals surface area contributed by atoms with Gasteiger partial charge in [0.15, 0.2) is 0 Å². The first kappa shape index (κ1) is 15.2. The number of hydrogen-bond acceptors (Lipinski definition) is 2. The summed E-state index contributed by atoms with van der Waals surface area (Å²) in [5.41, 5.74) is 5.16. The first-order valence-corrected chi connectivity index (χ1v) is 5.85. The van der Waals surface area contributed by atoms with E-state index in [1.165, 1.54) is 4.90 Å².